The number of nitrogens with one attached hydrogen (secondary N) is 2. The predicted octanol–water partition coefficient (Wildman–Crippen LogP) is 3.23. The molecule has 0 fully saturated rings. The van der Waals surface area contributed by atoms with E-state index in [1.54, 1.807) is 23.6 Å². The van der Waals surface area contributed by atoms with Crippen LogP contribution in [0.1, 0.15) is 10.6 Å². The van der Waals surface area contributed by atoms with E-state index < -0.39 is 29.5 Å². The first-order chi connectivity index (χ1) is 14.2. The minimum absolute atomic E-state index is 0.0872. The molecule has 2 amide bonds. The molecule has 3 N–H and O–H groups in total. The van der Waals surface area contributed by atoms with Crippen LogP contribution in [0.3, 0.4) is 0 Å². The van der Waals surface area contributed by atoms with Crippen molar-refractivity contribution >= 4 is 28.8 Å². The van der Waals surface area contributed by atoms with Crippen molar-refractivity contribution in [1.82, 2.24) is 5.32 Å². The van der Waals surface area contributed by atoms with Gasteiger partial charge in [0.25, 0.3) is 0 Å². The second kappa shape index (κ2) is 8.59. The van der Waals surface area contributed by atoms with Gasteiger partial charge in [0.15, 0.2) is 5.60 Å². The number of hydrogen-bond acceptors (Lipinski definition) is 6. The Kier molecular flexibility index (Phi) is 6.13. The first kappa shape index (κ1) is 21.4. The highest BCUT2D eigenvalue weighted by molar-refractivity contribution is 7.10. The summed E-state index contributed by atoms with van der Waals surface area (Å²) in [4.78, 5) is 24.7. The molecule has 2 aromatic heterocycles. The first-order valence-electron chi connectivity index (χ1n) is 8.43. The summed E-state index contributed by atoms with van der Waals surface area (Å²) in [6.45, 7) is -0.342. The monoisotopic (exact) mass is 440 g/mol. The molecule has 3 aromatic rings. The number of halogens is 3. The number of amides is 2. The molecule has 3 rings (SSSR count). The molecule has 0 saturated carbocycles. The Morgan fingerprint density at radius 3 is 2.37 bits per heavy atom. The van der Waals surface area contributed by atoms with E-state index in [0.29, 0.717) is 4.88 Å². The highest BCUT2D eigenvalue weighted by Gasteiger charge is 2.36. The summed E-state index contributed by atoms with van der Waals surface area (Å²) < 4.78 is 45.5. The Bertz CT molecular complexity index is 952. The van der Waals surface area contributed by atoms with Gasteiger partial charge in [-0.2, -0.15) is 0 Å². The van der Waals surface area contributed by atoms with Gasteiger partial charge in [-0.1, -0.05) is 6.07 Å². The highest BCUT2D eigenvalue weighted by Crippen LogP contribution is 2.32. The van der Waals surface area contributed by atoms with E-state index in [9.17, 15) is 27.9 Å². The van der Waals surface area contributed by atoms with E-state index in [-0.39, 0.29) is 18.0 Å². The fraction of sp³-hybridized carbons (Fsp3) is 0.158. The van der Waals surface area contributed by atoms with Crippen LogP contribution in [0.5, 0.6) is 5.75 Å². The van der Waals surface area contributed by atoms with Crippen molar-refractivity contribution in [2.24, 2.45) is 0 Å². The van der Waals surface area contributed by atoms with Gasteiger partial charge in [0.05, 0.1) is 12.8 Å². The van der Waals surface area contributed by atoms with Crippen LogP contribution in [-0.4, -0.2) is 29.8 Å². The number of thiophene rings is 1. The lowest BCUT2D eigenvalue weighted by Crippen LogP contribution is -2.44. The van der Waals surface area contributed by atoms with Crippen LogP contribution < -0.4 is 15.4 Å². The first-order valence-corrected chi connectivity index (χ1v) is 9.31. The maximum Gasteiger partial charge on any atom is 0.573 e. The average Bonchev–Trinajstić information content (AvgIpc) is 3.40. The number of aliphatic hydroxyl groups is 1. The molecule has 0 radical (unpaired) electrons. The molecule has 2 heterocycles. The Hall–Kier alpha value is -3.31. The normalized spacial score (nSPS) is 13.3. The van der Waals surface area contributed by atoms with Gasteiger partial charge in [-0.15, -0.1) is 24.5 Å². The van der Waals surface area contributed by atoms with Gasteiger partial charge in [-0.05, 0) is 47.8 Å². The molecule has 7 nitrogen and oxygen atoms in total. The maximum absolute atomic E-state index is 12.2. The summed E-state index contributed by atoms with van der Waals surface area (Å²) in [6.07, 6.45) is -3.47. The topological polar surface area (TPSA) is 101 Å². The predicted molar refractivity (Wildman–Crippen MR) is 101 cm³/mol. The molecule has 0 bridgehead atoms. The molecule has 0 saturated heterocycles. The molecular formula is C19H15F3N2O5S. The third-order valence-corrected chi connectivity index (χ3v) is 4.94. The average molecular weight is 440 g/mol. The van der Waals surface area contributed by atoms with Crippen LogP contribution in [0.15, 0.2) is 64.6 Å². The Labute approximate surface area is 172 Å². The lowest BCUT2D eigenvalue weighted by atomic mass is 9.98. The third kappa shape index (κ3) is 5.19. The van der Waals surface area contributed by atoms with Crippen LogP contribution in [0.4, 0.5) is 18.9 Å². The molecule has 30 heavy (non-hydrogen) atoms. The van der Waals surface area contributed by atoms with Gasteiger partial charge in [0, 0.05) is 10.6 Å². The SMILES string of the molecule is O=C(NC[C@](O)(c1ccco1)c1cccs1)C(=O)Nc1ccc(OC(F)(F)F)cc1. The number of rotatable bonds is 6. The molecule has 0 aliphatic rings. The molecule has 0 aliphatic heterocycles. The van der Waals surface area contributed by atoms with Gasteiger partial charge >= 0.3 is 18.2 Å². The van der Waals surface area contributed by atoms with Crippen molar-refractivity contribution in [3.05, 3.63) is 70.8 Å². The van der Waals surface area contributed by atoms with Crippen LogP contribution >= 0.6 is 11.3 Å². The zero-order valence-electron chi connectivity index (χ0n) is 15.1. The van der Waals surface area contributed by atoms with Crippen molar-refractivity contribution < 1.29 is 37.0 Å². The molecule has 1 atom stereocenters. The smallest absolute Gasteiger partial charge is 0.466 e. The van der Waals surface area contributed by atoms with Crippen LogP contribution in [0.2, 0.25) is 0 Å². The van der Waals surface area contributed by atoms with Gasteiger partial charge in [0.2, 0.25) is 0 Å². The number of carbonyl (C=O) groups excluding carboxylic acids is 2. The Morgan fingerprint density at radius 2 is 1.80 bits per heavy atom. The number of hydrogen-bond donors (Lipinski definition) is 3. The van der Waals surface area contributed by atoms with Crippen molar-refractivity contribution in [2.75, 3.05) is 11.9 Å². The van der Waals surface area contributed by atoms with Gasteiger partial charge < -0.3 is 24.9 Å². The fourth-order valence-corrected chi connectivity index (χ4v) is 3.37. The second-order valence-corrected chi connectivity index (χ2v) is 6.97. The maximum atomic E-state index is 12.2. The lowest BCUT2D eigenvalue weighted by molar-refractivity contribution is -0.274. The zero-order valence-corrected chi connectivity index (χ0v) is 15.9. The van der Waals surface area contributed by atoms with E-state index in [0.717, 1.165) is 24.3 Å². The van der Waals surface area contributed by atoms with Crippen molar-refractivity contribution in [2.45, 2.75) is 12.0 Å². The molecule has 0 aliphatic carbocycles. The molecule has 1 aromatic carbocycles. The van der Waals surface area contributed by atoms with Gasteiger partial charge in [-0.25, -0.2) is 0 Å². The molecule has 11 heteroatoms. The van der Waals surface area contributed by atoms with E-state index in [2.05, 4.69) is 15.4 Å². The summed E-state index contributed by atoms with van der Waals surface area (Å²) >= 11 is 1.24. The summed E-state index contributed by atoms with van der Waals surface area (Å²) in [7, 11) is 0. The number of carbonyl (C=O) groups is 2. The number of ether oxygens (including phenoxy) is 1. The third-order valence-electron chi connectivity index (χ3n) is 3.91. The van der Waals surface area contributed by atoms with Crippen molar-refractivity contribution in [3.8, 4) is 5.75 Å². The lowest BCUT2D eigenvalue weighted by Gasteiger charge is -2.25. The second-order valence-electron chi connectivity index (χ2n) is 6.02. The van der Waals surface area contributed by atoms with E-state index >= 15 is 0 Å². The van der Waals surface area contributed by atoms with Crippen LogP contribution in [0, 0.1) is 0 Å². The highest BCUT2D eigenvalue weighted by atomic mass is 32.1. The fourth-order valence-electron chi connectivity index (χ4n) is 2.54. The number of alkyl halides is 3. The summed E-state index contributed by atoms with van der Waals surface area (Å²) in [5, 5.41) is 17.4. The van der Waals surface area contributed by atoms with E-state index in [1.807, 2.05) is 0 Å². The van der Waals surface area contributed by atoms with Crippen molar-refractivity contribution in [1.29, 1.82) is 0 Å². The molecular weight excluding hydrogens is 425 g/mol. The standard InChI is InChI=1S/C19H15F3N2O5S/c20-19(21,22)29-13-7-5-12(6-8-13)24-17(26)16(25)23-11-18(27,14-3-1-9-28-14)15-4-2-10-30-15/h1-10,27H,11H2,(H,23,25)(H,24,26)/t18-/m0/s1. The Balaban J connectivity index is 1.62. The number of anilines is 1. The molecule has 158 valence electrons. The molecule has 0 spiro atoms. The van der Waals surface area contributed by atoms with Gasteiger partial charge in [-0.3, -0.25) is 9.59 Å². The van der Waals surface area contributed by atoms with Crippen LogP contribution in [0.25, 0.3) is 0 Å². The molecule has 0 unspecified atom stereocenters. The Morgan fingerprint density at radius 1 is 1.07 bits per heavy atom. The summed E-state index contributed by atoms with van der Waals surface area (Å²) in [5.41, 5.74) is -1.59. The minimum atomic E-state index is -4.84. The van der Waals surface area contributed by atoms with Crippen LogP contribution in [-0.2, 0) is 15.2 Å². The summed E-state index contributed by atoms with van der Waals surface area (Å²) in [6, 6.07) is 10.8. The van der Waals surface area contributed by atoms with Crippen molar-refractivity contribution in [3.63, 3.8) is 0 Å². The quantitative estimate of drug-likeness (QED) is 0.511. The largest absolute Gasteiger partial charge is 0.573 e. The summed E-state index contributed by atoms with van der Waals surface area (Å²) in [5.74, 6) is -2.39. The number of benzene rings is 1. The minimum Gasteiger partial charge on any atom is -0.466 e. The number of furan rings is 1. The zero-order chi connectivity index (χ0) is 21.8. The van der Waals surface area contributed by atoms with E-state index in [4.69, 9.17) is 4.42 Å². The van der Waals surface area contributed by atoms with Gasteiger partial charge in [0.1, 0.15) is 11.5 Å². The van der Waals surface area contributed by atoms with E-state index in [1.165, 1.54) is 23.7 Å².